The number of ether oxygens (including phenoxy) is 2. The number of amides is 1. The first-order valence-electron chi connectivity index (χ1n) is 10.9. The quantitative estimate of drug-likeness (QED) is 0.246. The number of ketones is 1. The van der Waals surface area contributed by atoms with Crippen LogP contribution in [0.4, 0.5) is 0 Å². The summed E-state index contributed by atoms with van der Waals surface area (Å²) in [6, 6.07) is 9.93. The number of halogens is 1. The number of benzene rings is 2. The van der Waals surface area contributed by atoms with Crippen molar-refractivity contribution in [3.63, 3.8) is 0 Å². The predicted molar refractivity (Wildman–Crippen MR) is 129 cm³/mol. The topological polar surface area (TPSA) is 76.1 Å². The van der Waals surface area contributed by atoms with Gasteiger partial charge in [-0.1, -0.05) is 37.6 Å². The average Bonchev–Trinajstić information content (AvgIpc) is 3.04. The molecule has 1 aliphatic heterocycles. The Kier molecular flexibility index (Phi) is 7.82. The van der Waals surface area contributed by atoms with Crippen LogP contribution in [0.2, 0.25) is 5.02 Å². The molecule has 0 aliphatic carbocycles. The Bertz CT molecular complexity index is 1070. The van der Waals surface area contributed by atoms with E-state index in [1.807, 2.05) is 32.9 Å². The van der Waals surface area contributed by atoms with Crippen molar-refractivity contribution >= 4 is 29.1 Å². The zero-order chi connectivity index (χ0) is 24.3. The van der Waals surface area contributed by atoms with Crippen LogP contribution in [0.5, 0.6) is 5.75 Å². The molecular weight excluding hydrogens is 442 g/mol. The van der Waals surface area contributed by atoms with Gasteiger partial charge in [-0.15, -0.1) is 0 Å². The Balaban J connectivity index is 2.20. The second-order valence-electron chi connectivity index (χ2n) is 8.45. The van der Waals surface area contributed by atoms with Crippen LogP contribution in [0.25, 0.3) is 5.76 Å². The molecule has 0 bridgehead atoms. The summed E-state index contributed by atoms with van der Waals surface area (Å²) >= 11 is 6.07. The second-order valence-corrected chi connectivity index (χ2v) is 8.89. The number of aryl methyl sites for hydroxylation is 1. The minimum Gasteiger partial charge on any atom is -0.507 e. The molecule has 7 heteroatoms. The molecule has 1 N–H and O–H groups in total. The van der Waals surface area contributed by atoms with Crippen molar-refractivity contribution < 1.29 is 24.2 Å². The van der Waals surface area contributed by atoms with Crippen LogP contribution >= 0.6 is 11.6 Å². The van der Waals surface area contributed by atoms with Crippen molar-refractivity contribution in [1.82, 2.24) is 4.90 Å². The van der Waals surface area contributed by atoms with Crippen molar-refractivity contribution in [2.75, 3.05) is 27.4 Å². The Morgan fingerprint density at radius 3 is 2.39 bits per heavy atom. The molecule has 3 rings (SSSR count). The maximum absolute atomic E-state index is 13.2. The lowest BCUT2D eigenvalue weighted by Gasteiger charge is -2.25. The van der Waals surface area contributed by atoms with Crippen LogP contribution in [0, 0.1) is 6.92 Å². The zero-order valence-corrected chi connectivity index (χ0v) is 20.4. The van der Waals surface area contributed by atoms with E-state index in [0.29, 0.717) is 41.5 Å². The van der Waals surface area contributed by atoms with Crippen molar-refractivity contribution in [2.24, 2.45) is 0 Å². The van der Waals surface area contributed by atoms with Crippen molar-refractivity contribution in [3.05, 3.63) is 69.2 Å². The highest BCUT2D eigenvalue weighted by atomic mass is 35.5. The molecule has 33 heavy (non-hydrogen) atoms. The van der Waals surface area contributed by atoms with Crippen LogP contribution in [0.15, 0.2) is 42.0 Å². The molecule has 1 saturated heterocycles. The first-order valence-corrected chi connectivity index (χ1v) is 11.3. The standard InChI is InChI=1S/C26H30ClNO5/c1-15(2)19-14-20(16(3)13-21(19)33-5)24(29)22-23(17-7-9-18(27)10-8-17)28(11-6-12-32-4)26(31)25(22)30/h7-10,13-15,23,29H,6,11-12H2,1-5H3/b24-22+. The van der Waals surface area contributed by atoms with Gasteiger partial charge in [0.25, 0.3) is 11.7 Å². The third-order valence-electron chi connectivity index (χ3n) is 5.93. The number of aliphatic hydroxyl groups is 1. The largest absolute Gasteiger partial charge is 0.507 e. The smallest absolute Gasteiger partial charge is 0.295 e. The molecule has 1 heterocycles. The molecule has 0 spiro atoms. The first kappa shape index (κ1) is 24.8. The maximum Gasteiger partial charge on any atom is 0.295 e. The summed E-state index contributed by atoms with van der Waals surface area (Å²) in [5, 5.41) is 12.0. The molecule has 1 aliphatic rings. The van der Waals surface area contributed by atoms with E-state index in [1.54, 1.807) is 38.5 Å². The summed E-state index contributed by atoms with van der Waals surface area (Å²) < 4.78 is 10.6. The van der Waals surface area contributed by atoms with Gasteiger partial charge in [0.05, 0.1) is 18.7 Å². The van der Waals surface area contributed by atoms with Gasteiger partial charge in [0.15, 0.2) is 0 Å². The molecular formula is C26H30ClNO5. The molecule has 1 amide bonds. The summed E-state index contributed by atoms with van der Waals surface area (Å²) in [4.78, 5) is 27.7. The van der Waals surface area contributed by atoms with E-state index >= 15 is 0 Å². The number of methoxy groups -OCH3 is 2. The normalized spacial score (nSPS) is 17.8. The number of likely N-dealkylation sites (tertiary alicyclic amines) is 1. The first-order chi connectivity index (χ1) is 15.7. The third kappa shape index (κ3) is 4.92. The highest BCUT2D eigenvalue weighted by molar-refractivity contribution is 6.46. The van der Waals surface area contributed by atoms with Gasteiger partial charge in [-0.2, -0.15) is 0 Å². The highest BCUT2D eigenvalue weighted by Gasteiger charge is 2.46. The van der Waals surface area contributed by atoms with Gasteiger partial charge in [-0.25, -0.2) is 0 Å². The van der Waals surface area contributed by atoms with Crippen LogP contribution in [-0.2, 0) is 14.3 Å². The summed E-state index contributed by atoms with van der Waals surface area (Å²) in [6.07, 6.45) is 0.562. The number of hydrogen-bond acceptors (Lipinski definition) is 5. The molecule has 1 fully saturated rings. The Morgan fingerprint density at radius 1 is 1.15 bits per heavy atom. The van der Waals surface area contributed by atoms with Gasteiger partial charge >= 0.3 is 0 Å². The number of carbonyl (C=O) groups is 2. The van der Waals surface area contributed by atoms with Crippen LogP contribution < -0.4 is 4.74 Å². The molecule has 1 unspecified atom stereocenters. The molecule has 0 aromatic heterocycles. The number of nitrogens with zero attached hydrogens (tertiary/aromatic N) is 1. The van der Waals surface area contributed by atoms with E-state index in [1.165, 1.54) is 4.90 Å². The van der Waals surface area contributed by atoms with E-state index in [-0.39, 0.29) is 17.3 Å². The fourth-order valence-electron chi connectivity index (χ4n) is 4.21. The van der Waals surface area contributed by atoms with Crippen molar-refractivity contribution in [3.8, 4) is 5.75 Å². The molecule has 2 aromatic carbocycles. The number of aliphatic hydroxyl groups excluding tert-OH is 1. The van der Waals surface area contributed by atoms with Gasteiger partial charge in [-0.05, 0) is 60.2 Å². The lowest BCUT2D eigenvalue weighted by atomic mass is 9.91. The summed E-state index contributed by atoms with van der Waals surface area (Å²) in [5.74, 6) is -0.678. The lowest BCUT2D eigenvalue weighted by Crippen LogP contribution is -2.31. The fraction of sp³-hybridized carbons (Fsp3) is 0.385. The third-order valence-corrected chi connectivity index (χ3v) is 6.18. The number of rotatable bonds is 8. The summed E-state index contributed by atoms with van der Waals surface area (Å²) in [5.41, 5.74) is 2.93. The van der Waals surface area contributed by atoms with E-state index in [2.05, 4.69) is 0 Å². The molecule has 6 nitrogen and oxygen atoms in total. The van der Waals surface area contributed by atoms with Gasteiger partial charge in [-0.3, -0.25) is 9.59 Å². The van der Waals surface area contributed by atoms with Gasteiger partial charge in [0, 0.05) is 30.8 Å². The van der Waals surface area contributed by atoms with Gasteiger partial charge < -0.3 is 19.5 Å². The molecule has 2 aromatic rings. The minimum atomic E-state index is -0.719. The SMILES string of the molecule is COCCCN1C(=O)C(=O)/C(=C(/O)c2cc(C(C)C)c(OC)cc2C)C1c1ccc(Cl)cc1. The van der Waals surface area contributed by atoms with E-state index < -0.39 is 17.7 Å². The van der Waals surface area contributed by atoms with Crippen LogP contribution in [0.3, 0.4) is 0 Å². The monoisotopic (exact) mass is 471 g/mol. The predicted octanol–water partition coefficient (Wildman–Crippen LogP) is 5.24. The molecule has 176 valence electrons. The number of carbonyl (C=O) groups excluding carboxylic acids is 2. The van der Waals surface area contributed by atoms with Crippen LogP contribution in [-0.4, -0.2) is 49.1 Å². The zero-order valence-electron chi connectivity index (χ0n) is 19.6. The Hall–Kier alpha value is -2.83. The Morgan fingerprint density at radius 2 is 1.82 bits per heavy atom. The van der Waals surface area contributed by atoms with E-state index in [0.717, 1.165) is 11.1 Å². The molecule has 0 saturated carbocycles. The average molecular weight is 472 g/mol. The fourth-order valence-corrected chi connectivity index (χ4v) is 4.33. The lowest BCUT2D eigenvalue weighted by molar-refractivity contribution is -0.140. The minimum absolute atomic E-state index is 0.0720. The van der Waals surface area contributed by atoms with Crippen molar-refractivity contribution in [1.29, 1.82) is 0 Å². The van der Waals surface area contributed by atoms with Crippen molar-refractivity contribution in [2.45, 2.75) is 39.2 Å². The van der Waals surface area contributed by atoms with Gasteiger partial charge in [0.1, 0.15) is 11.5 Å². The van der Waals surface area contributed by atoms with Crippen LogP contribution in [0.1, 0.15) is 54.5 Å². The van der Waals surface area contributed by atoms with Gasteiger partial charge in [0.2, 0.25) is 0 Å². The van der Waals surface area contributed by atoms with E-state index in [9.17, 15) is 14.7 Å². The Labute approximate surface area is 199 Å². The maximum atomic E-state index is 13.2. The second kappa shape index (κ2) is 10.4. The molecule has 0 radical (unpaired) electrons. The number of hydrogen-bond donors (Lipinski definition) is 1. The highest BCUT2D eigenvalue weighted by Crippen LogP contribution is 2.41. The summed E-state index contributed by atoms with van der Waals surface area (Å²) in [6.45, 7) is 6.67. The molecule has 1 atom stereocenters. The summed E-state index contributed by atoms with van der Waals surface area (Å²) in [7, 11) is 3.19. The van der Waals surface area contributed by atoms with E-state index in [4.69, 9.17) is 21.1 Å². The number of Topliss-reactive ketones (excluding diaryl/α,β-unsaturated/α-hetero) is 1.